The van der Waals surface area contributed by atoms with Crippen molar-refractivity contribution < 1.29 is 4.79 Å². The molecule has 0 bridgehead atoms. The van der Waals surface area contributed by atoms with Crippen LogP contribution in [-0.2, 0) is 13.0 Å². The highest BCUT2D eigenvalue weighted by Gasteiger charge is 2.05. The first kappa shape index (κ1) is 15.7. The van der Waals surface area contributed by atoms with E-state index in [9.17, 15) is 9.59 Å². The second-order valence-corrected chi connectivity index (χ2v) is 5.37. The van der Waals surface area contributed by atoms with Crippen molar-refractivity contribution in [1.29, 1.82) is 0 Å². The van der Waals surface area contributed by atoms with Crippen LogP contribution in [0.4, 0.5) is 4.79 Å². The lowest BCUT2D eigenvalue weighted by molar-refractivity contribution is 0.240. The summed E-state index contributed by atoms with van der Waals surface area (Å²) >= 11 is 0. The van der Waals surface area contributed by atoms with Crippen LogP contribution in [-0.4, -0.2) is 22.5 Å². The molecule has 1 heterocycles. The van der Waals surface area contributed by atoms with Crippen molar-refractivity contribution in [2.45, 2.75) is 13.0 Å². The zero-order valence-electron chi connectivity index (χ0n) is 13.1. The molecule has 0 fully saturated rings. The van der Waals surface area contributed by atoms with E-state index in [1.165, 1.54) is 5.56 Å². The van der Waals surface area contributed by atoms with Crippen LogP contribution in [0.25, 0.3) is 10.9 Å². The smallest absolute Gasteiger partial charge is 0.315 e. The Morgan fingerprint density at radius 1 is 1.00 bits per heavy atom. The van der Waals surface area contributed by atoms with Crippen LogP contribution in [0.15, 0.2) is 59.4 Å². The Bertz CT molecular complexity index is 890. The number of hydrogen-bond acceptors (Lipinski definition) is 3. The van der Waals surface area contributed by atoms with E-state index in [1.54, 1.807) is 18.2 Å². The molecule has 0 atom stereocenters. The molecule has 0 unspecified atom stereocenters. The molecule has 0 radical (unpaired) electrons. The topological polar surface area (TPSA) is 86.9 Å². The molecule has 2 amide bonds. The number of carbonyl (C=O) groups excluding carboxylic acids is 1. The molecular weight excluding hydrogens is 304 g/mol. The number of amides is 2. The van der Waals surface area contributed by atoms with Gasteiger partial charge < -0.3 is 15.6 Å². The van der Waals surface area contributed by atoms with Crippen molar-refractivity contribution in [3.05, 3.63) is 76.3 Å². The third-order valence-corrected chi connectivity index (χ3v) is 3.62. The van der Waals surface area contributed by atoms with E-state index in [1.807, 2.05) is 36.4 Å². The fourth-order valence-corrected chi connectivity index (χ4v) is 2.41. The van der Waals surface area contributed by atoms with Crippen LogP contribution in [0, 0.1) is 0 Å². The van der Waals surface area contributed by atoms with Gasteiger partial charge in [0.05, 0.1) is 17.4 Å². The molecule has 3 rings (SSSR count). The van der Waals surface area contributed by atoms with E-state index >= 15 is 0 Å². The largest absolute Gasteiger partial charge is 0.338 e. The Kier molecular flexibility index (Phi) is 4.86. The Hall–Kier alpha value is -3.15. The molecule has 3 aromatic rings. The lowest BCUT2D eigenvalue weighted by Gasteiger charge is -2.08. The second kappa shape index (κ2) is 7.41. The minimum atomic E-state index is -0.290. The first-order chi connectivity index (χ1) is 11.7. The van der Waals surface area contributed by atoms with E-state index in [0.29, 0.717) is 23.3 Å². The summed E-state index contributed by atoms with van der Waals surface area (Å²) in [5.74, 6) is 0.428. The van der Waals surface area contributed by atoms with E-state index in [0.717, 1.165) is 6.42 Å². The summed E-state index contributed by atoms with van der Waals surface area (Å²) in [4.78, 5) is 30.8. The third kappa shape index (κ3) is 3.98. The molecule has 2 aromatic carbocycles. The molecule has 122 valence electrons. The number of fused-ring (bicyclic) bond motifs is 1. The van der Waals surface area contributed by atoms with Crippen LogP contribution in [0.2, 0.25) is 0 Å². The van der Waals surface area contributed by atoms with Crippen LogP contribution < -0.4 is 16.2 Å². The average Bonchev–Trinajstić information content (AvgIpc) is 2.61. The van der Waals surface area contributed by atoms with Crippen molar-refractivity contribution in [3.63, 3.8) is 0 Å². The number of para-hydroxylation sites is 1. The minimum absolute atomic E-state index is 0.164. The first-order valence-electron chi connectivity index (χ1n) is 7.76. The van der Waals surface area contributed by atoms with Crippen molar-refractivity contribution in [3.8, 4) is 0 Å². The van der Waals surface area contributed by atoms with E-state index < -0.39 is 0 Å². The van der Waals surface area contributed by atoms with Gasteiger partial charge >= 0.3 is 6.03 Å². The van der Waals surface area contributed by atoms with Gasteiger partial charge in [-0.05, 0) is 24.1 Å². The first-order valence-corrected chi connectivity index (χ1v) is 7.76. The van der Waals surface area contributed by atoms with Gasteiger partial charge in [0.2, 0.25) is 0 Å². The number of nitrogens with one attached hydrogen (secondary N) is 3. The highest BCUT2D eigenvalue weighted by Crippen LogP contribution is 2.05. The molecule has 0 aliphatic rings. The number of rotatable bonds is 5. The quantitative estimate of drug-likeness (QED) is 0.671. The predicted octanol–water partition coefficient (Wildman–Crippen LogP) is 1.96. The van der Waals surface area contributed by atoms with Crippen LogP contribution >= 0.6 is 0 Å². The Morgan fingerprint density at radius 3 is 2.58 bits per heavy atom. The number of benzene rings is 2. The van der Waals surface area contributed by atoms with E-state index in [-0.39, 0.29) is 18.1 Å². The summed E-state index contributed by atoms with van der Waals surface area (Å²) in [6.07, 6.45) is 0.763. The monoisotopic (exact) mass is 322 g/mol. The van der Waals surface area contributed by atoms with E-state index in [2.05, 4.69) is 20.6 Å². The van der Waals surface area contributed by atoms with Gasteiger partial charge in [-0.2, -0.15) is 0 Å². The molecule has 6 nitrogen and oxygen atoms in total. The summed E-state index contributed by atoms with van der Waals surface area (Å²) in [7, 11) is 0. The molecule has 0 saturated carbocycles. The molecule has 0 saturated heterocycles. The van der Waals surface area contributed by atoms with Gasteiger partial charge in [0.25, 0.3) is 5.56 Å². The summed E-state index contributed by atoms with van der Waals surface area (Å²) in [6, 6.07) is 16.7. The van der Waals surface area contributed by atoms with Crippen molar-refractivity contribution in [2.24, 2.45) is 0 Å². The fourth-order valence-electron chi connectivity index (χ4n) is 2.41. The molecule has 1 aromatic heterocycles. The van der Waals surface area contributed by atoms with Gasteiger partial charge in [0, 0.05) is 6.54 Å². The molecule has 0 spiro atoms. The number of carbonyl (C=O) groups is 1. The highest BCUT2D eigenvalue weighted by molar-refractivity contribution is 5.77. The molecule has 0 aliphatic heterocycles. The van der Waals surface area contributed by atoms with Gasteiger partial charge in [-0.1, -0.05) is 42.5 Å². The van der Waals surface area contributed by atoms with Gasteiger partial charge in [0.1, 0.15) is 5.82 Å². The average molecular weight is 322 g/mol. The maximum Gasteiger partial charge on any atom is 0.315 e. The number of hydrogen-bond donors (Lipinski definition) is 3. The molecule has 3 N–H and O–H groups in total. The van der Waals surface area contributed by atoms with Gasteiger partial charge in [-0.25, -0.2) is 9.78 Å². The SMILES string of the molecule is O=C(NCCc1ccccc1)NCc1nc2ccccc2c(=O)[nH]1. The maximum absolute atomic E-state index is 11.9. The Morgan fingerprint density at radius 2 is 1.75 bits per heavy atom. The standard InChI is InChI=1S/C18H18N4O2/c23-17-14-8-4-5-9-15(14)21-16(22-17)12-20-18(24)19-11-10-13-6-2-1-3-7-13/h1-9H,10-12H2,(H2,19,20,24)(H,21,22,23). The molecule has 0 aliphatic carbocycles. The predicted molar refractivity (Wildman–Crippen MR) is 92.7 cm³/mol. The van der Waals surface area contributed by atoms with Gasteiger partial charge in [0.15, 0.2) is 0 Å². The van der Waals surface area contributed by atoms with Gasteiger partial charge in [-0.15, -0.1) is 0 Å². The Balaban J connectivity index is 1.52. The summed E-state index contributed by atoms with van der Waals surface area (Å²) < 4.78 is 0. The van der Waals surface area contributed by atoms with Gasteiger partial charge in [-0.3, -0.25) is 4.79 Å². The summed E-state index contributed by atoms with van der Waals surface area (Å²) in [5.41, 5.74) is 1.57. The second-order valence-electron chi connectivity index (χ2n) is 5.37. The number of aromatic nitrogens is 2. The lowest BCUT2D eigenvalue weighted by Crippen LogP contribution is -2.36. The van der Waals surface area contributed by atoms with Crippen molar-refractivity contribution >= 4 is 16.9 Å². The maximum atomic E-state index is 11.9. The highest BCUT2D eigenvalue weighted by atomic mass is 16.2. The third-order valence-electron chi connectivity index (χ3n) is 3.62. The van der Waals surface area contributed by atoms with E-state index in [4.69, 9.17) is 0 Å². The number of urea groups is 1. The fraction of sp³-hybridized carbons (Fsp3) is 0.167. The minimum Gasteiger partial charge on any atom is -0.338 e. The van der Waals surface area contributed by atoms with Crippen LogP contribution in [0.3, 0.4) is 0 Å². The number of H-pyrrole nitrogens is 1. The van der Waals surface area contributed by atoms with Crippen molar-refractivity contribution in [1.82, 2.24) is 20.6 Å². The number of nitrogens with zero attached hydrogens (tertiary/aromatic N) is 1. The normalized spacial score (nSPS) is 10.5. The molecule has 6 heteroatoms. The summed E-state index contributed by atoms with van der Waals surface area (Å²) in [6.45, 7) is 0.703. The van der Waals surface area contributed by atoms with Crippen LogP contribution in [0.1, 0.15) is 11.4 Å². The molecular formula is C18H18N4O2. The zero-order valence-corrected chi connectivity index (χ0v) is 13.1. The zero-order chi connectivity index (χ0) is 16.8. The Labute approximate surface area is 138 Å². The summed E-state index contributed by atoms with van der Waals surface area (Å²) in [5, 5.41) is 6.01. The number of aromatic amines is 1. The van der Waals surface area contributed by atoms with Crippen LogP contribution in [0.5, 0.6) is 0 Å². The molecule has 24 heavy (non-hydrogen) atoms. The van der Waals surface area contributed by atoms with Crippen molar-refractivity contribution in [2.75, 3.05) is 6.54 Å². The lowest BCUT2D eigenvalue weighted by atomic mass is 10.1.